The summed E-state index contributed by atoms with van der Waals surface area (Å²) in [7, 11) is 0. The molecular weight excluding hydrogens is 388 g/mol. The van der Waals surface area contributed by atoms with E-state index < -0.39 is 0 Å². The third kappa shape index (κ3) is 5.01. The minimum Gasteiger partial charge on any atom is -0.449 e. The molecular formula is C26H24N2O3. The van der Waals surface area contributed by atoms with E-state index in [1.54, 1.807) is 18.2 Å². The largest absolute Gasteiger partial charge is 0.449 e. The molecule has 3 aromatic rings. The number of amides is 2. The van der Waals surface area contributed by atoms with Gasteiger partial charge < -0.3 is 10.1 Å². The Balaban J connectivity index is 1.50. The summed E-state index contributed by atoms with van der Waals surface area (Å²) in [5.41, 5.74) is 3.70. The summed E-state index contributed by atoms with van der Waals surface area (Å²) >= 11 is 0. The quantitative estimate of drug-likeness (QED) is 0.620. The fraction of sp³-hybridized carbons (Fsp3) is 0.154. The number of ether oxygens (including phenoxy) is 1. The van der Waals surface area contributed by atoms with E-state index in [-0.39, 0.29) is 24.1 Å². The zero-order valence-electron chi connectivity index (χ0n) is 17.4. The molecule has 0 aromatic heterocycles. The van der Waals surface area contributed by atoms with Crippen molar-refractivity contribution in [2.75, 3.05) is 18.0 Å². The molecule has 5 heteroatoms. The van der Waals surface area contributed by atoms with Crippen LogP contribution in [0.25, 0.3) is 6.08 Å². The van der Waals surface area contributed by atoms with E-state index in [0.29, 0.717) is 18.0 Å². The topological polar surface area (TPSA) is 58.6 Å². The molecule has 2 amide bonds. The molecule has 4 rings (SSSR count). The van der Waals surface area contributed by atoms with Gasteiger partial charge in [-0.3, -0.25) is 14.5 Å². The molecule has 156 valence electrons. The number of benzene rings is 3. The molecule has 1 aliphatic heterocycles. The van der Waals surface area contributed by atoms with Gasteiger partial charge in [0.15, 0.2) is 11.5 Å². The first-order valence-electron chi connectivity index (χ1n) is 10.3. The standard InChI is InChI=1S/C26H24N2O3/c1-19-8-7-11-21(16-19)17-24-26(30)28(22-12-5-6-13-23(22)31-24)18-25(29)27-15-14-20-9-3-2-4-10-20/h2-13,16-17H,14-15,18H2,1H3,(H,27,29). The van der Waals surface area contributed by atoms with Gasteiger partial charge >= 0.3 is 0 Å². The van der Waals surface area contributed by atoms with Crippen LogP contribution >= 0.6 is 0 Å². The number of hydrogen-bond donors (Lipinski definition) is 1. The van der Waals surface area contributed by atoms with Gasteiger partial charge in [0, 0.05) is 6.54 Å². The Morgan fingerprint density at radius 3 is 2.58 bits per heavy atom. The minimum atomic E-state index is -0.335. The Morgan fingerprint density at radius 2 is 1.77 bits per heavy atom. The summed E-state index contributed by atoms with van der Waals surface area (Å²) in [6.07, 6.45) is 2.45. The van der Waals surface area contributed by atoms with Crippen molar-refractivity contribution in [3.05, 3.63) is 101 Å². The monoisotopic (exact) mass is 412 g/mol. The van der Waals surface area contributed by atoms with Gasteiger partial charge in [-0.2, -0.15) is 0 Å². The van der Waals surface area contributed by atoms with E-state index in [0.717, 1.165) is 23.1 Å². The second-order valence-electron chi connectivity index (χ2n) is 7.47. The van der Waals surface area contributed by atoms with Gasteiger partial charge in [0.1, 0.15) is 6.54 Å². The molecule has 1 heterocycles. The van der Waals surface area contributed by atoms with Gasteiger partial charge in [-0.25, -0.2) is 0 Å². The molecule has 0 saturated carbocycles. The molecule has 0 fully saturated rings. The maximum atomic E-state index is 13.2. The molecule has 0 bridgehead atoms. The third-order valence-corrected chi connectivity index (χ3v) is 5.05. The lowest BCUT2D eigenvalue weighted by Gasteiger charge is -2.30. The van der Waals surface area contributed by atoms with Gasteiger partial charge in [-0.1, -0.05) is 72.3 Å². The number of nitrogens with zero attached hydrogens (tertiary/aromatic N) is 1. The second kappa shape index (κ2) is 9.30. The summed E-state index contributed by atoms with van der Waals surface area (Å²) in [5.74, 6) is 0.203. The summed E-state index contributed by atoms with van der Waals surface area (Å²) < 4.78 is 5.88. The molecule has 0 spiro atoms. The van der Waals surface area contributed by atoms with Crippen LogP contribution in [-0.4, -0.2) is 24.9 Å². The van der Waals surface area contributed by atoms with Crippen LogP contribution in [0.5, 0.6) is 5.75 Å². The number of para-hydroxylation sites is 2. The van der Waals surface area contributed by atoms with E-state index in [4.69, 9.17) is 4.74 Å². The number of carbonyl (C=O) groups is 2. The van der Waals surface area contributed by atoms with Crippen molar-refractivity contribution in [2.45, 2.75) is 13.3 Å². The summed E-state index contributed by atoms with van der Waals surface area (Å²) in [6, 6.07) is 25.0. The van der Waals surface area contributed by atoms with E-state index in [1.165, 1.54) is 4.90 Å². The lowest BCUT2D eigenvalue weighted by atomic mass is 10.1. The van der Waals surface area contributed by atoms with Gasteiger partial charge in [0.25, 0.3) is 5.91 Å². The minimum absolute atomic E-state index is 0.0703. The lowest BCUT2D eigenvalue weighted by Crippen LogP contribution is -2.44. The van der Waals surface area contributed by atoms with Crippen LogP contribution in [0.15, 0.2) is 84.6 Å². The number of fused-ring (bicyclic) bond motifs is 1. The van der Waals surface area contributed by atoms with Gasteiger partial charge in [0.2, 0.25) is 5.91 Å². The smallest absolute Gasteiger partial charge is 0.294 e. The van der Waals surface area contributed by atoms with Crippen LogP contribution in [0, 0.1) is 6.92 Å². The Kier molecular flexibility index (Phi) is 6.13. The lowest BCUT2D eigenvalue weighted by molar-refractivity contribution is -0.123. The predicted octanol–water partition coefficient (Wildman–Crippen LogP) is 4.12. The van der Waals surface area contributed by atoms with Crippen LogP contribution in [0.2, 0.25) is 0 Å². The number of carbonyl (C=O) groups excluding carboxylic acids is 2. The molecule has 5 nitrogen and oxygen atoms in total. The number of rotatable bonds is 6. The van der Waals surface area contributed by atoms with Crippen LogP contribution < -0.4 is 15.0 Å². The van der Waals surface area contributed by atoms with Crippen LogP contribution in [-0.2, 0) is 16.0 Å². The summed E-state index contributed by atoms with van der Waals surface area (Å²) in [4.78, 5) is 27.2. The molecule has 0 atom stereocenters. The van der Waals surface area contributed by atoms with Crippen molar-refractivity contribution in [3.8, 4) is 5.75 Å². The normalized spacial score (nSPS) is 14.2. The molecule has 3 aromatic carbocycles. The van der Waals surface area contributed by atoms with Gasteiger partial charge in [-0.15, -0.1) is 0 Å². The summed E-state index contributed by atoms with van der Waals surface area (Å²) in [5, 5.41) is 2.91. The second-order valence-corrected chi connectivity index (χ2v) is 7.47. The van der Waals surface area contributed by atoms with Crippen molar-refractivity contribution in [2.24, 2.45) is 0 Å². The first kappa shape index (κ1) is 20.4. The molecule has 0 radical (unpaired) electrons. The molecule has 0 saturated heterocycles. The third-order valence-electron chi connectivity index (χ3n) is 5.05. The first-order chi connectivity index (χ1) is 15.1. The first-order valence-corrected chi connectivity index (χ1v) is 10.3. The number of anilines is 1. The number of aryl methyl sites for hydroxylation is 1. The van der Waals surface area contributed by atoms with Crippen molar-refractivity contribution in [1.82, 2.24) is 5.32 Å². The highest BCUT2D eigenvalue weighted by molar-refractivity contribution is 6.12. The molecule has 31 heavy (non-hydrogen) atoms. The zero-order valence-corrected chi connectivity index (χ0v) is 17.4. The molecule has 1 aliphatic rings. The zero-order chi connectivity index (χ0) is 21.6. The van der Waals surface area contributed by atoms with Crippen LogP contribution in [0.1, 0.15) is 16.7 Å². The van der Waals surface area contributed by atoms with Gasteiger partial charge in [0.05, 0.1) is 5.69 Å². The fourth-order valence-electron chi connectivity index (χ4n) is 3.52. The summed E-state index contributed by atoms with van der Waals surface area (Å²) in [6.45, 7) is 2.43. The highest BCUT2D eigenvalue weighted by Gasteiger charge is 2.31. The van der Waals surface area contributed by atoms with Crippen molar-refractivity contribution >= 4 is 23.6 Å². The van der Waals surface area contributed by atoms with Crippen molar-refractivity contribution < 1.29 is 14.3 Å². The van der Waals surface area contributed by atoms with E-state index in [2.05, 4.69) is 5.32 Å². The fourth-order valence-corrected chi connectivity index (χ4v) is 3.52. The average Bonchev–Trinajstić information content (AvgIpc) is 2.77. The van der Waals surface area contributed by atoms with E-state index in [9.17, 15) is 9.59 Å². The molecule has 1 N–H and O–H groups in total. The van der Waals surface area contributed by atoms with Crippen LogP contribution in [0.4, 0.5) is 5.69 Å². The van der Waals surface area contributed by atoms with Crippen molar-refractivity contribution in [1.29, 1.82) is 0 Å². The highest BCUT2D eigenvalue weighted by atomic mass is 16.5. The molecule has 0 aliphatic carbocycles. The van der Waals surface area contributed by atoms with E-state index >= 15 is 0 Å². The Labute approximate surface area is 182 Å². The SMILES string of the molecule is Cc1cccc(C=C2Oc3ccccc3N(CC(=O)NCCc3ccccc3)C2=O)c1. The average molecular weight is 412 g/mol. The molecule has 0 unspecified atom stereocenters. The van der Waals surface area contributed by atoms with Crippen molar-refractivity contribution in [3.63, 3.8) is 0 Å². The number of hydrogen-bond acceptors (Lipinski definition) is 3. The number of nitrogens with one attached hydrogen (secondary N) is 1. The van der Waals surface area contributed by atoms with Crippen LogP contribution in [0.3, 0.4) is 0 Å². The van der Waals surface area contributed by atoms with Gasteiger partial charge in [-0.05, 0) is 42.7 Å². The van der Waals surface area contributed by atoms with E-state index in [1.807, 2.05) is 73.7 Å². The highest BCUT2D eigenvalue weighted by Crippen LogP contribution is 2.35. The maximum absolute atomic E-state index is 13.2. The Hall–Kier alpha value is -3.86. The predicted molar refractivity (Wildman–Crippen MR) is 122 cm³/mol. The Morgan fingerprint density at radius 1 is 1.00 bits per heavy atom. The Bertz CT molecular complexity index is 1120. The maximum Gasteiger partial charge on any atom is 0.294 e.